The predicted octanol–water partition coefficient (Wildman–Crippen LogP) is 3.68. The van der Waals surface area contributed by atoms with Crippen LogP contribution in [0.2, 0.25) is 5.02 Å². The minimum absolute atomic E-state index is 0.0196. The van der Waals surface area contributed by atoms with Crippen LogP contribution in [0.25, 0.3) is 0 Å². The first-order chi connectivity index (χ1) is 9.51. The molecule has 0 aliphatic heterocycles. The van der Waals surface area contributed by atoms with Gasteiger partial charge >= 0.3 is 0 Å². The zero-order valence-corrected chi connectivity index (χ0v) is 11.9. The summed E-state index contributed by atoms with van der Waals surface area (Å²) in [6, 6.07) is 4.09. The van der Waals surface area contributed by atoms with E-state index in [4.69, 9.17) is 16.3 Å². The highest BCUT2D eigenvalue weighted by atomic mass is 35.5. The van der Waals surface area contributed by atoms with E-state index in [0.29, 0.717) is 17.3 Å². The molecule has 0 bridgehead atoms. The summed E-state index contributed by atoms with van der Waals surface area (Å²) in [6.07, 6.45) is 1.47. The molecule has 0 unspecified atom stereocenters. The second-order valence-electron chi connectivity index (χ2n) is 4.53. The quantitative estimate of drug-likeness (QED) is 0.935. The SMILES string of the molecule is CC(C)c1ncc(Oc2ccc(Cl)c(F)c2)c(CO)n1. The van der Waals surface area contributed by atoms with Gasteiger partial charge in [0, 0.05) is 12.0 Å². The summed E-state index contributed by atoms with van der Waals surface area (Å²) in [5.74, 6) is 0.738. The lowest BCUT2D eigenvalue weighted by Gasteiger charge is -2.11. The molecule has 0 spiro atoms. The summed E-state index contributed by atoms with van der Waals surface area (Å²) in [7, 11) is 0. The van der Waals surface area contributed by atoms with E-state index in [1.165, 1.54) is 24.4 Å². The van der Waals surface area contributed by atoms with Crippen molar-refractivity contribution in [2.45, 2.75) is 26.4 Å². The molecule has 20 heavy (non-hydrogen) atoms. The fraction of sp³-hybridized carbons (Fsp3) is 0.286. The van der Waals surface area contributed by atoms with Gasteiger partial charge < -0.3 is 9.84 Å². The Hall–Kier alpha value is -1.72. The van der Waals surface area contributed by atoms with Crippen molar-refractivity contribution in [1.29, 1.82) is 0 Å². The fourth-order valence-corrected chi connectivity index (χ4v) is 1.68. The molecule has 0 amide bonds. The molecule has 0 aliphatic carbocycles. The molecule has 0 atom stereocenters. The number of benzene rings is 1. The van der Waals surface area contributed by atoms with Crippen molar-refractivity contribution in [1.82, 2.24) is 9.97 Å². The lowest BCUT2D eigenvalue weighted by atomic mass is 10.2. The summed E-state index contributed by atoms with van der Waals surface area (Å²) in [5, 5.41) is 9.36. The molecule has 1 aromatic heterocycles. The lowest BCUT2D eigenvalue weighted by Crippen LogP contribution is -2.03. The van der Waals surface area contributed by atoms with Gasteiger partial charge in [-0.15, -0.1) is 0 Å². The molecule has 1 aromatic carbocycles. The molecule has 6 heteroatoms. The molecule has 0 fully saturated rings. The Balaban J connectivity index is 2.30. The largest absolute Gasteiger partial charge is 0.454 e. The molecule has 1 heterocycles. The van der Waals surface area contributed by atoms with E-state index in [9.17, 15) is 9.50 Å². The van der Waals surface area contributed by atoms with Crippen molar-refractivity contribution >= 4 is 11.6 Å². The van der Waals surface area contributed by atoms with E-state index >= 15 is 0 Å². The van der Waals surface area contributed by atoms with Crippen LogP contribution in [0.5, 0.6) is 11.5 Å². The first-order valence-electron chi connectivity index (χ1n) is 6.11. The molecular formula is C14H14ClFN2O2. The Kier molecular flexibility index (Phi) is 4.52. The van der Waals surface area contributed by atoms with Crippen molar-refractivity contribution in [2.75, 3.05) is 0 Å². The van der Waals surface area contributed by atoms with Crippen LogP contribution in [-0.4, -0.2) is 15.1 Å². The molecule has 106 valence electrons. The van der Waals surface area contributed by atoms with Gasteiger partial charge in [-0.2, -0.15) is 0 Å². The lowest BCUT2D eigenvalue weighted by molar-refractivity contribution is 0.269. The van der Waals surface area contributed by atoms with Crippen LogP contribution in [0.1, 0.15) is 31.3 Å². The van der Waals surface area contributed by atoms with E-state index in [1.807, 2.05) is 13.8 Å². The van der Waals surface area contributed by atoms with Gasteiger partial charge in [0.05, 0.1) is 17.8 Å². The molecule has 1 N–H and O–H groups in total. The van der Waals surface area contributed by atoms with Crippen molar-refractivity contribution in [2.24, 2.45) is 0 Å². The Morgan fingerprint density at radius 3 is 2.75 bits per heavy atom. The predicted molar refractivity (Wildman–Crippen MR) is 73.5 cm³/mol. The molecule has 0 saturated heterocycles. The summed E-state index contributed by atoms with van der Waals surface area (Å²) < 4.78 is 18.8. The molecule has 0 radical (unpaired) electrons. The molecule has 2 aromatic rings. The maximum Gasteiger partial charge on any atom is 0.169 e. The standard InChI is InChI=1S/C14H14ClFN2O2/c1-8(2)14-17-6-13(12(7-19)18-14)20-9-3-4-10(15)11(16)5-9/h3-6,8,19H,7H2,1-2H3. The number of aromatic nitrogens is 2. The number of hydrogen-bond acceptors (Lipinski definition) is 4. The normalized spacial score (nSPS) is 10.9. The summed E-state index contributed by atoms with van der Waals surface area (Å²) in [6.45, 7) is 3.62. The minimum Gasteiger partial charge on any atom is -0.454 e. The van der Waals surface area contributed by atoms with Gasteiger partial charge in [0.2, 0.25) is 0 Å². The summed E-state index contributed by atoms with van der Waals surface area (Å²) in [5.41, 5.74) is 0.360. The Morgan fingerprint density at radius 2 is 2.15 bits per heavy atom. The number of hydrogen-bond donors (Lipinski definition) is 1. The number of rotatable bonds is 4. The first kappa shape index (κ1) is 14.7. The van der Waals surface area contributed by atoms with Crippen LogP contribution in [0.15, 0.2) is 24.4 Å². The first-order valence-corrected chi connectivity index (χ1v) is 6.48. The van der Waals surface area contributed by atoms with Crippen molar-refractivity contribution in [3.63, 3.8) is 0 Å². The van der Waals surface area contributed by atoms with Gasteiger partial charge in [-0.05, 0) is 12.1 Å². The zero-order valence-electron chi connectivity index (χ0n) is 11.1. The van der Waals surface area contributed by atoms with E-state index in [1.54, 1.807) is 0 Å². The summed E-state index contributed by atoms with van der Waals surface area (Å²) >= 11 is 5.60. The van der Waals surface area contributed by atoms with Gasteiger partial charge in [-0.25, -0.2) is 14.4 Å². The van der Waals surface area contributed by atoms with Crippen LogP contribution in [-0.2, 0) is 6.61 Å². The molecule has 2 rings (SSSR count). The van der Waals surface area contributed by atoms with Gasteiger partial charge in [0.25, 0.3) is 0 Å². The highest BCUT2D eigenvalue weighted by Crippen LogP contribution is 2.27. The average molecular weight is 297 g/mol. The highest BCUT2D eigenvalue weighted by Gasteiger charge is 2.11. The minimum atomic E-state index is -0.575. The second kappa shape index (κ2) is 6.15. The van der Waals surface area contributed by atoms with E-state index in [-0.39, 0.29) is 23.3 Å². The monoisotopic (exact) mass is 296 g/mol. The maximum atomic E-state index is 13.3. The second-order valence-corrected chi connectivity index (χ2v) is 4.94. The molecular weight excluding hydrogens is 283 g/mol. The summed E-state index contributed by atoms with van der Waals surface area (Å²) in [4.78, 5) is 8.38. The topological polar surface area (TPSA) is 55.2 Å². The van der Waals surface area contributed by atoms with Gasteiger partial charge in [-0.3, -0.25) is 0 Å². The van der Waals surface area contributed by atoms with Crippen molar-refractivity contribution < 1.29 is 14.2 Å². The Labute approximate surface area is 121 Å². The van der Waals surface area contributed by atoms with Gasteiger partial charge in [-0.1, -0.05) is 25.4 Å². The van der Waals surface area contributed by atoms with E-state index in [0.717, 1.165) is 0 Å². The smallest absolute Gasteiger partial charge is 0.169 e. The fourth-order valence-electron chi connectivity index (χ4n) is 1.57. The number of halogens is 2. The third kappa shape index (κ3) is 3.23. The van der Waals surface area contributed by atoms with Crippen molar-refractivity contribution in [3.05, 3.63) is 46.8 Å². The Morgan fingerprint density at radius 1 is 1.40 bits per heavy atom. The van der Waals surface area contributed by atoms with E-state index in [2.05, 4.69) is 9.97 Å². The number of aliphatic hydroxyl groups is 1. The highest BCUT2D eigenvalue weighted by molar-refractivity contribution is 6.30. The Bertz CT molecular complexity index is 620. The average Bonchev–Trinajstić information content (AvgIpc) is 2.43. The maximum absolute atomic E-state index is 13.3. The number of nitrogens with zero attached hydrogens (tertiary/aromatic N) is 2. The molecule has 0 aliphatic rings. The molecule has 4 nitrogen and oxygen atoms in total. The van der Waals surface area contributed by atoms with Gasteiger partial charge in [0.15, 0.2) is 5.75 Å². The van der Waals surface area contributed by atoms with Gasteiger partial charge in [0.1, 0.15) is 23.1 Å². The van der Waals surface area contributed by atoms with Crippen LogP contribution in [0.4, 0.5) is 4.39 Å². The van der Waals surface area contributed by atoms with Crippen LogP contribution < -0.4 is 4.74 Å². The number of ether oxygens (including phenoxy) is 1. The van der Waals surface area contributed by atoms with Crippen molar-refractivity contribution in [3.8, 4) is 11.5 Å². The van der Waals surface area contributed by atoms with E-state index < -0.39 is 5.82 Å². The number of aliphatic hydroxyl groups excluding tert-OH is 1. The van der Waals surface area contributed by atoms with Crippen LogP contribution >= 0.6 is 11.6 Å². The third-order valence-electron chi connectivity index (χ3n) is 2.63. The zero-order chi connectivity index (χ0) is 14.7. The molecule has 0 saturated carbocycles. The van der Waals surface area contributed by atoms with Crippen LogP contribution in [0, 0.1) is 5.82 Å². The third-order valence-corrected chi connectivity index (χ3v) is 2.94. The van der Waals surface area contributed by atoms with Crippen LogP contribution in [0.3, 0.4) is 0 Å².